The minimum atomic E-state index is -0.0623. The maximum atomic E-state index is 12.8. The molecule has 1 atom stereocenters. The number of hydrogen-bond donors (Lipinski definition) is 2. The van der Waals surface area contributed by atoms with Crippen molar-refractivity contribution in [2.45, 2.75) is 32.5 Å². The molecule has 2 N–H and O–H groups in total. The van der Waals surface area contributed by atoms with Crippen LogP contribution in [0.4, 0.5) is 5.82 Å². The van der Waals surface area contributed by atoms with E-state index in [0.29, 0.717) is 12.1 Å². The first-order valence-corrected chi connectivity index (χ1v) is 9.36. The number of rotatable bonds is 5. The number of nitrogens with one attached hydrogen (secondary N) is 2. The molecule has 25 heavy (non-hydrogen) atoms. The van der Waals surface area contributed by atoms with Crippen LogP contribution in [-0.2, 0) is 19.5 Å². The number of carbonyl (C=O) groups excluding carboxylic acids is 1. The Hall–Kier alpha value is -2.60. The lowest BCUT2D eigenvalue weighted by atomic mass is 10.1. The Morgan fingerprint density at radius 1 is 1.32 bits per heavy atom. The normalized spacial score (nSPS) is 15.6. The maximum Gasteiger partial charge on any atom is 0.257 e. The topological polar surface area (TPSA) is 59.0 Å². The van der Waals surface area contributed by atoms with Crippen molar-refractivity contribution in [3.05, 3.63) is 69.5 Å². The molecule has 0 unspecified atom stereocenters. The zero-order chi connectivity index (χ0) is 17.2. The van der Waals surface area contributed by atoms with E-state index in [1.165, 1.54) is 5.56 Å². The van der Waals surface area contributed by atoms with E-state index in [2.05, 4.69) is 27.9 Å². The Balaban J connectivity index is 1.56. The number of nitrogens with zero attached hydrogens (tertiary/aromatic N) is 2. The zero-order valence-corrected chi connectivity index (χ0v) is 14.8. The van der Waals surface area contributed by atoms with Crippen LogP contribution in [0.2, 0.25) is 0 Å². The third-order valence-corrected chi connectivity index (χ3v) is 5.33. The molecule has 0 spiro atoms. The second-order valence-corrected chi connectivity index (χ2v) is 7.11. The van der Waals surface area contributed by atoms with Gasteiger partial charge in [-0.3, -0.25) is 4.79 Å². The molecule has 1 amide bonds. The molecule has 5 nitrogen and oxygen atoms in total. The van der Waals surface area contributed by atoms with Gasteiger partial charge < -0.3 is 10.6 Å². The van der Waals surface area contributed by atoms with E-state index in [0.717, 1.165) is 29.4 Å². The minimum Gasteiger partial charge on any atom is -0.361 e. The van der Waals surface area contributed by atoms with E-state index >= 15 is 0 Å². The molecule has 3 aromatic rings. The quantitative estimate of drug-likeness (QED) is 0.737. The number of amides is 1. The standard InChI is InChI=1S/C19H20N4OS/c1-2-15-17(19(24)20-11-14-9-6-10-25-14)18-21-16(12-23(18)22-15)13-7-4-3-5-8-13/h3-10,16,21H,2,11-12H2,1H3,(H,20,24)/t16-/m0/s1. The SMILES string of the molecule is CCc1nn2c(c1C(=O)NCc1cccs1)N[C@H](c1ccccc1)C2. The third-order valence-electron chi connectivity index (χ3n) is 4.46. The van der Waals surface area contributed by atoms with Crippen LogP contribution in [-0.4, -0.2) is 15.7 Å². The van der Waals surface area contributed by atoms with E-state index < -0.39 is 0 Å². The van der Waals surface area contributed by atoms with Gasteiger partial charge in [-0.25, -0.2) is 4.68 Å². The van der Waals surface area contributed by atoms with Crippen molar-refractivity contribution in [2.24, 2.45) is 0 Å². The van der Waals surface area contributed by atoms with E-state index in [9.17, 15) is 4.79 Å². The molecule has 128 valence electrons. The van der Waals surface area contributed by atoms with Gasteiger partial charge >= 0.3 is 0 Å². The summed E-state index contributed by atoms with van der Waals surface area (Å²) in [7, 11) is 0. The summed E-state index contributed by atoms with van der Waals surface area (Å²) >= 11 is 1.64. The number of carbonyl (C=O) groups is 1. The third kappa shape index (κ3) is 3.05. The van der Waals surface area contributed by atoms with E-state index in [1.807, 2.05) is 47.3 Å². The summed E-state index contributed by atoms with van der Waals surface area (Å²) in [5.41, 5.74) is 2.73. The summed E-state index contributed by atoms with van der Waals surface area (Å²) in [4.78, 5) is 13.9. The van der Waals surface area contributed by atoms with Gasteiger partial charge in [-0.2, -0.15) is 5.10 Å². The summed E-state index contributed by atoms with van der Waals surface area (Å²) in [6, 6.07) is 14.4. The predicted octanol–water partition coefficient (Wildman–Crippen LogP) is 3.60. The summed E-state index contributed by atoms with van der Waals surface area (Å²) in [5, 5.41) is 13.2. The van der Waals surface area contributed by atoms with Crippen molar-refractivity contribution < 1.29 is 4.79 Å². The second kappa shape index (κ2) is 6.72. The van der Waals surface area contributed by atoms with Gasteiger partial charge in [0.1, 0.15) is 11.4 Å². The first-order chi connectivity index (χ1) is 12.3. The van der Waals surface area contributed by atoms with Crippen LogP contribution >= 0.6 is 11.3 Å². The van der Waals surface area contributed by atoms with Crippen LogP contribution in [0, 0.1) is 0 Å². The Morgan fingerprint density at radius 3 is 2.88 bits per heavy atom. The number of anilines is 1. The number of hydrogen-bond acceptors (Lipinski definition) is 4. The molecule has 2 aromatic heterocycles. The Kier molecular flexibility index (Phi) is 4.28. The lowest BCUT2D eigenvalue weighted by molar-refractivity contribution is 0.0951. The average Bonchev–Trinajstić information content (AvgIpc) is 3.35. The van der Waals surface area contributed by atoms with Gasteiger partial charge in [0.25, 0.3) is 5.91 Å². The highest BCUT2D eigenvalue weighted by Crippen LogP contribution is 2.33. The molecule has 4 rings (SSSR count). The molecule has 0 saturated heterocycles. The summed E-state index contributed by atoms with van der Waals surface area (Å²) in [6.45, 7) is 3.32. The van der Waals surface area contributed by atoms with Crippen molar-refractivity contribution in [3.63, 3.8) is 0 Å². The van der Waals surface area contributed by atoms with Crippen LogP contribution in [0.1, 0.15) is 39.5 Å². The van der Waals surface area contributed by atoms with Gasteiger partial charge in [0.15, 0.2) is 0 Å². The lowest BCUT2D eigenvalue weighted by Gasteiger charge is -2.12. The maximum absolute atomic E-state index is 12.8. The smallest absolute Gasteiger partial charge is 0.257 e. The number of benzene rings is 1. The lowest BCUT2D eigenvalue weighted by Crippen LogP contribution is -2.24. The van der Waals surface area contributed by atoms with Gasteiger partial charge in [-0.05, 0) is 23.4 Å². The largest absolute Gasteiger partial charge is 0.361 e. The Bertz CT molecular complexity index is 870. The Labute approximate surface area is 150 Å². The van der Waals surface area contributed by atoms with Gasteiger partial charge in [0, 0.05) is 4.88 Å². The van der Waals surface area contributed by atoms with Crippen molar-refractivity contribution in [2.75, 3.05) is 5.32 Å². The molecule has 1 aliphatic heterocycles. The molecule has 0 aliphatic carbocycles. The summed E-state index contributed by atoms with van der Waals surface area (Å²) < 4.78 is 1.93. The van der Waals surface area contributed by atoms with Crippen LogP contribution < -0.4 is 10.6 Å². The van der Waals surface area contributed by atoms with Gasteiger partial charge in [0.2, 0.25) is 0 Å². The molecule has 0 saturated carbocycles. The second-order valence-electron chi connectivity index (χ2n) is 6.08. The van der Waals surface area contributed by atoms with Crippen molar-refractivity contribution in [1.29, 1.82) is 0 Å². The number of thiophene rings is 1. The first kappa shape index (κ1) is 15.9. The molecule has 1 aliphatic rings. The van der Waals surface area contributed by atoms with Crippen LogP contribution in [0.5, 0.6) is 0 Å². The monoisotopic (exact) mass is 352 g/mol. The molecule has 3 heterocycles. The fourth-order valence-electron chi connectivity index (χ4n) is 3.20. The number of aromatic nitrogens is 2. The van der Waals surface area contributed by atoms with Crippen molar-refractivity contribution >= 4 is 23.1 Å². The molecule has 0 radical (unpaired) electrons. The Morgan fingerprint density at radius 2 is 2.16 bits per heavy atom. The highest BCUT2D eigenvalue weighted by atomic mass is 32.1. The molecular formula is C19H20N4OS. The fraction of sp³-hybridized carbons (Fsp3) is 0.263. The van der Waals surface area contributed by atoms with E-state index in [-0.39, 0.29) is 11.9 Å². The van der Waals surface area contributed by atoms with Crippen LogP contribution in [0.3, 0.4) is 0 Å². The van der Waals surface area contributed by atoms with Crippen LogP contribution in [0.15, 0.2) is 47.8 Å². The number of fused-ring (bicyclic) bond motifs is 1. The van der Waals surface area contributed by atoms with Gasteiger partial charge in [-0.1, -0.05) is 43.3 Å². The highest BCUT2D eigenvalue weighted by Gasteiger charge is 2.30. The molecule has 0 fully saturated rings. The minimum absolute atomic E-state index is 0.0623. The number of aryl methyl sites for hydroxylation is 1. The van der Waals surface area contributed by atoms with E-state index in [4.69, 9.17) is 0 Å². The molecular weight excluding hydrogens is 332 g/mol. The predicted molar refractivity (Wildman–Crippen MR) is 99.9 cm³/mol. The van der Waals surface area contributed by atoms with Crippen LogP contribution in [0.25, 0.3) is 0 Å². The zero-order valence-electron chi connectivity index (χ0n) is 14.0. The van der Waals surface area contributed by atoms with Gasteiger partial charge in [0.05, 0.1) is 24.8 Å². The fourth-order valence-corrected chi connectivity index (χ4v) is 3.85. The van der Waals surface area contributed by atoms with E-state index in [1.54, 1.807) is 11.3 Å². The summed E-state index contributed by atoms with van der Waals surface area (Å²) in [5.74, 6) is 0.766. The molecule has 0 bridgehead atoms. The highest BCUT2D eigenvalue weighted by molar-refractivity contribution is 7.09. The first-order valence-electron chi connectivity index (χ1n) is 8.48. The van der Waals surface area contributed by atoms with Gasteiger partial charge in [-0.15, -0.1) is 11.3 Å². The van der Waals surface area contributed by atoms with Crippen molar-refractivity contribution in [1.82, 2.24) is 15.1 Å². The molecule has 1 aromatic carbocycles. The molecule has 6 heteroatoms. The summed E-state index contributed by atoms with van der Waals surface area (Å²) in [6.07, 6.45) is 0.736. The average molecular weight is 352 g/mol. The van der Waals surface area contributed by atoms with Crippen molar-refractivity contribution in [3.8, 4) is 0 Å².